The highest BCUT2D eigenvalue weighted by atomic mass is 15.1. The van der Waals surface area contributed by atoms with Crippen molar-refractivity contribution in [1.29, 1.82) is 0 Å². The summed E-state index contributed by atoms with van der Waals surface area (Å²) >= 11 is 0. The van der Waals surface area contributed by atoms with Crippen molar-refractivity contribution in [3.8, 4) is 17.1 Å². The fourth-order valence-electron chi connectivity index (χ4n) is 5.90. The minimum absolute atomic E-state index is 0.842. The van der Waals surface area contributed by atoms with E-state index < -0.39 is 0 Å². The fraction of sp³-hybridized carbons (Fsp3) is 0. The van der Waals surface area contributed by atoms with Crippen LogP contribution < -0.4 is 4.90 Å². The Hall–Kier alpha value is -5.74. The van der Waals surface area contributed by atoms with Crippen molar-refractivity contribution < 1.29 is 0 Å². The van der Waals surface area contributed by atoms with Gasteiger partial charge in [-0.1, -0.05) is 91.0 Å². The van der Waals surface area contributed by atoms with E-state index >= 15 is 0 Å². The highest BCUT2D eigenvalue weighted by Crippen LogP contribution is 2.40. The van der Waals surface area contributed by atoms with Crippen molar-refractivity contribution in [2.75, 3.05) is 4.90 Å². The summed E-state index contributed by atoms with van der Waals surface area (Å²) in [7, 11) is 0. The number of benzene rings is 6. The Morgan fingerprint density at radius 2 is 1.14 bits per heavy atom. The molecule has 0 N–H and O–H groups in total. The molecule has 2 heterocycles. The van der Waals surface area contributed by atoms with E-state index in [0.717, 1.165) is 50.7 Å². The zero-order chi connectivity index (χ0) is 27.9. The first-order valence-electron chi connectivity index (χ1n) is 14.1. The molecular weight excluding hydrogens is 512 g/mol. The van der Waals surface area contributed by atoms with Gasteiger partial charge in [0.15, 0.2) is 5.65 Å². The van der Waals surface area contributed by atoms with E-state index in [1.807, 2.05) is 18.3 Å². The minimum atomic E-state index is 0.842. The molecule has 0 spiro atoms. The lowest BCUT2D eigenvalue weighted by Crippen LogP contribution is -2.10. The van der Waals surface area contributed by atoms with E-state index in [1.54, 1.807) is 0 Å². The van der Waals surface area contributed by atoms with Gasteiger partial charge >= 0.3 is 0 Å². The number of nitrogens with zero attached hydrogens (tertiary/aromatic N) is 4. The summed E-state index contributed by atoms with van der Waals surface area (Å²) in [6.07, 6.45) is 1.83. The van der Waals surface area contributed by atoms with Gasteiger partial charge in [-0.05, 0) is 71.4 Å². The van der Waals surface area contributed by atoms with Crippen LogP contribution >= 0.6 is 0 Å². The fourth-order valence-corrected chi connectivity index (χ4v) is 5.90. The molecule has 0 aliphatic carbocycles. The van der Waals surface area contributed by atoms with Crippen molar-refractivity contribution in [2.24, 2.45) is 0 Å². The van der Waals surface area contributed by atoms with E-state index in [4.69, 9.17) is 9.97 Å². The molecular formula is C38H26N4. The second-order valence-electron chi connectivity index (χ2n) is 10.3. The Kier molecular flexibility index (Phi) is 5.75. The SMILES string of the molecule is c1ccc(N(c2ccc(-c3nc4cccnc4n3-c3cccc4ccccc34)cc2)c2cccc3ccccc23)cc1. The number of aromatic nitrogens is 3. The third kappa shape index (κ3) is 4.01. The van der Waals surface area contributed by atoms with E-state index in [2.05, 4.69) is 149 Å². The summed E-state index contributed by atoms with van der Waals surface area (Å²) < 4.78 is 2.19. The normalized spacial score (nSPS) is 11.3. The molecule has 0 aliphatic rings. The first-order valence-corrected chi connectivity index (χ1v) is 14.1. The van der Waals surface area contributed by atoms with E-state index in [-0.39, 0.29) is 0 Å². The van der Waals surface area contributed by atoms with Crippen LogP contribution in [0.3, 0.4) is 0 Å². The number of pyridine rings is 1. The zero-order valence-electron chi connectivity index (χ0n) is 22.8. The van der Waals surface area contributed by atoms with Gasteiger partial charge in [0.25, 0.3) is 0 Å². The largest absolute Gasteiger partial charge is 0.310 e. The van der Waals surface area contributed by atoms with E-state index in [9.17, 15) is 0 Å². The molecule has 8 aromatic rings. The number of fused-ring (bicyclic) bond motifs is 3. The molecule has 4 nitrogen and oxygen atoms in total. The molecule has 42 heavy (non-hydrogen) atoms. The van der Waals surface area contributed by atoms with Gasteiger partial charge in [-0.2, -0.15) is 0 Å². The minimum Gasteiger partial charge on any atom is -0.310 e. The lowest BCUT2D eigenvalue weighted by Gasteiger charge is -2.27. The average Bonchev–Trinajstić information content (AvgIpc) is 3.45. The second-order valence-corrected chi connectivity index (χ2v) is 10.3. The molecule has 198 valence electrons. The highest BCUT2D eigenvalue weighted by molar-refractivity contribution is 5.99. The average molecular weight is 539 g/mol. The van der Waals surface area contributed by atoms with Gasteiger partial charge in [-0.15, -0.1) is 0 Å². The van der Waals surface area contributed by atoms with E-state index in [1.165, 1.54) is 16.2 Å². The van der Waals surface area contributed by atoms with Gasteiger partial charge in [0.2, 0.25) is 0 Å². The molecule has 0 atom stereocenters. The molecule has 0 unspecified atom stereocenters. The van der Waals surface area contributed by atoms with Gasteiger partial charge in [0.05, 0.1) is 11.4 Å². The van der Waals surface area contributed by atoms with Crippen molar-refractivity contribution >= 4 is 49.8 Å². The van der Waals surface area contributed by atoms with Crippen LogP contribution in [-0.2, 0) is 0 Å². The molecule has 0 saturated heterocycles. The van der Waals surface area contributed by atoms with Crippen LogP contribution in [0, 0.1) is 0 Å². The van der Waals surface area contributed by atoms with Crippen LogP contribution in [0.15, 0.2) is 158 Å². The van der Waals surface area contributed by atoms with Crippen molar-refractivity contribution in [2.45, 2.75) is 0 Å². The summed E-state index contributed by atoms with van der Waals surface area (Å²) in [4.78, 5) is 12.2. The number of para-hydroxylation sites is 1. The first kappa shape index (κ1) is 24.1. The predicted octanol–water partition coefficient (Wildman–Crippen LogP) is 9.86. The maximum Gasteiger partial charge on any atom is 0.164 e. The van der Waals surface area contributed by atoms with Crippen LogP contribution in [0.1, 0.15) is 0 Å². The molecule has 0 fully saturated rings. The monoisotopic (exact) mass is 538 g/mol. The Morgan fingerprint density at radius 3 is 1.95 bits per heavy atom. The van der Waals surface area contributed by atoms with Gasteiger partial charge in [0.1, 0.15) is 11.3 Å². The number of hydrogen-bond acceptors (Lipinski definition) is 3. The first-order chi connectivity index (χ1) is 20.8. The Bertz CT molecular complexity index is 2190. The highest BCUT2D eigenvalue weighted by Gasteiger charge is 2.19. The maximum absolute atomic E-state index is 5.08. The van der Waals surface area contributed by atoms with Crippen molar-refractivity contribution in [3.63, 3.8) is 0 Å². The maximum atomic E-state index is 5.08. The van der Waals surface area contributed by atoms with Crippen molar-refractivity contribution in [3.05, 3.63) is 158 Å². The summed E-state index contributed by atoms with van der Waals surface area (Å²) in [5, 5.41) is 4.76. The molecule has 0 radical (unpaired) electrons. The van der Waals surface area contributed by atoms with Crippen LogP contribution in [-0.4, -0.2) is 14.5 Å². The van der Waals surface area contributed by atoms with Crippen LogP contribution in [0.4, 0.5) is 17.1 Å². The number of anilines is 3. The molecule has 0 amide bonds. The molecule has 0 saturated carbocycles. The molecule has 2 aromatic heterocycles. The Labute approximate surface area is 243 Å². The summed E-state index contributed by atoms with van der Waals surface area (Å²) in [5.41, 5.74) is 7.12. The topological polar surface area (TPSA) is 34.0 Å². The third-order valence-electron chi connectivity index (χ3n) is 7.83. The van der Waals surface area contributed by atoms with E-state index in [0.29, 0.717) is 0 Å². The molecule has 6 aromatic carbocycles. The second kappa shape index (κ2) is 10.0. The van der Waals surface area contributed by atoms with Crippen LogP contribution in [0.25, 0.3) is 49.8 Å². The van der Waals surface area contributed by atoms with Gasteiger partial charge < -0.3 is 4.90 Å². The lowest BCUT2D eigenvalue weighted by atomic mass is 10.1. The molecule has 0 aliphatic heterocycles. The predicted molar refractivity (Wildman–Crippen MR) is 174 cm³/mol. The van der Waals surface area contributed by atoms with Gasteiger partial charge in [-0.3, -0.25) is 4.57 Å². The van der Waals surface area contributed by atoms with Crippen LogP contribution in [0.5, 0.6) is 0 Å². The molecule has 4 heteroatoms. The molecule has 8 rings (SSSR count). The summed E-state index contributed by atoms with van der Waals surface area (Å²) in [5.74, 6) is 0.864. The van der Waals surface area contributed by atoms with Gasteiger partial charge in [-0.25, -0.2) is 9.97 Å². The smallest absolute Gasteiger partial charge is 0.164 e. The van der Waals surface area contributed by atoms with Crippen LogP contribution in [0.2, 0.25) is 0 Å². The zero-order valence-corrected chi connectivity index (χ0v) is 22.8. The number of imidazole rings is 1. The number of rotatable bonds is 5. The van der Waals surface area contributed by atoms with Crippen molar-refractivity contribution in [1.82, 2.24) is 14.5 Å². The standard InChI is InChI=1S/C38H26N4/c1-2-15-30(16-3-1)41(35-20-8-13-27-11-4-6-17-32(27)35)31-24-22-29(23-25-31)37-40-34-19-10-26-39-38(34)42(37)36-21-9-14-28-12-5-7-18-33(28)36/h1-26H. The Morgan fingerprint density at radius 1 is 0.500 bits per heavy atom. The Balaban J connectivity index is 1.30. The quantitative estimate of drug-likeness (QED) is 0.219. The number of hydrogen-bond donors (Lipinski definition) is 0. The lowest BCUT2D eigenvalue weighted by molar-refractivity contribution is 1.09. The van der Waals surface area contributed by atoms with Gasteiger partial charge in [0, 0.05) is 33.9 Å². The molecule has 0 bridgehead atoms. The summed E-state index contributed by atoms with van der Waals surface area (Å²) in [6, 6.07) is 53.1. The summed E-state index contributed by atoms with van der Waals surface area (Å²) in [6.45, 7) is 0. The third-order valence-corrected chi connectivity index (χ3v) is 7.83.